The second-order valence-corrected chi connectivity index (χ2v) is 5.44. The highest BCUT2D eigenvalue weighted by Gasteiger charge is 2.21. The molecule has 0 fully saturated rings. The third-order valence-electron chi connectivity index (χ3n) is 3.56. The Morgan fingerprint density at radius 2 is 1.88 bits per heavy atom. The first-order valence-corrected chi connectivity index (χ1v) is 7.51. The normalized spacial score (nSPS) is 10.9. The molecule has 5 heteroatoms. The lowest BCUT2D eigenvalue weighted by Crippen LogP contribution is -3.00. The maximum atomic E-state index is 12.4. The van der Waals surface area contributed by atoms with Crippen molar-refractivity contribution in [1.82, 2.24) is 4.90 Å². The fourth-order valence-corrected chi connectivity index (χ4v) is 2.28. The number of carbonyl (C=O) groups is 1. The van der Waals surface area contributed by atoms with Gasteiger partial charge in [-0.1, -0.05) is 36.3 Å². The minimum Gasteiger partial charge on any atom is -1.00 e. The lowest BCUT2D eigenvalue weighted by molar-refractivity contribution is -0.671. The van der Waals surface area contributed by atoms with Gasteiger partial charge >= 0.3 is 6.09 Å². The number of benzene rings is 1. The van der Waals surface area contributed by atoms with E-state index in [1.807, 2.05) is 61.3 Å². The average Bonchev–Trinajstić information content (AvgIpc) is 2.55. The van der Waals surface area contributed by atoms with Gasteiger partial charge in [-0.05, 0) is 18.9 Å². The maximum absolute atomic E-state index is 12.4. The zero-order valence-electron chi connectivity index (χ0n) is 13.9. The van der Waals surface area contributed by atoms with Crippen molar-refractivity contribution in [3.63, 3.8) is 0 Å². The Morgan fingerprint density at radius 1 is 1.25 bits per heavy atom. The molecular formula is C19H21IN2O2. The van der Waals surface area contributed by atoms with E-state index in [2.05, 4.69) is 5.92 Å². The van der Waals surface area contributed by atoms with Crippen molar-refractivity contribution in [1.29, 1.82) is 0 Å². The van der Waals surface area contributed by atoms with Crippen LogP contribution in [0.1, 0.15) is 12.5 Å². The average molecular weight is 436 g/mol. The summed E-state index contributed by atoms with van der Waals surface area (Å²) in [5.41, 5.74) is 1.15. The summed E-state index contributed by atoms with van der Waals surface area (Å²) in [5, 5.41) is 0. The number of hydrogen-bond acceptors (Lipinski definition) is 2. The molecule has 126 valence electrons. The number of pyridine rings is 1. The Kier molecular flexibility index (Phi) is 8.27. The van der Waals surface area contributed by atoms with Crippen LogP contribution in [0.2, 0.25) is 0 Å². The summed E-state index contributed by atoms with van der Waals surface area (Å²) in [6.07, 6.45) is 9.34. The summed E-state index contributed by atoms with van der Waals surface area (Å²) in [6.45, 7) is 2.18. The molecule has 0 spiro atoms. The highest BCUT2D eigenvalue weighted by Crippen LogP contribution is 2.13. The second-order valence-electron chi connectivity index (χ2n) is 5.44. The fraction of sp³-hybridized carbons (Fsp3) is 0.263. The first-order chi connectivity index (χ1) is 11.1. The predicted molar refractivity (Wildman–Crippen MR) is 88.8 cm³/mol. The molecule has 0 aliphatic heterocycles. The molecule has 0 aliphatic rings. The molecule has 0 aliphatic carbocycles. The van der Waals surface area contributed by atoms with Crippen LogP contribution in [-0.2, 0) is 13.5 Å². The van der Waals surface area contributed by atoms with Gasteiger partial charge < -0.3 is 28.7 Å². The molecule has 1 aromatic heterocycles. The molecule has 4 nitrogen and oxygen atoms in total. The monoisotopic (exact) mass is 436 g/mol. The van der Waals surface area contributed by atoms with Gasteiger partial charge in [0.1, 0.15) is 12.8 Å². The summed E-state index contributed by atoms with van der Waals surface area (Å²) in [6, 6.07) is 13.4. The molecule has 1 heterocycles. The molecule has 0 saturated heterocycles. The van der Waals surface area contributed by atoms with Crippen LogP contribution >= 0.6 is 0 Å². The Morgan fingerprint density at radius 3 is 2.46 bits per heavy atom. The highest BCUT2D eigenvalue weighted by molar-refractivity contribution is 5.71. The van der Waals surface area contributed by atoms with E-state index >= 15 is 0 Å². The number of carbonyl (C=O) groups excluding carboxylic acids is 1. The summed E-state index contributed by atoms with van der Waals surface area (Å²) in [7, 11) is 1.90. The number of halogens is 1. The third-order valence-corrected chi connectivity index (χ3v) is 3.56. The Labute approximate surface area is 160 Å². The van der Waals surface area contributed by atoms with Crippen LogP contribution in [0, 0.1) is 12.3 Å². The van der Waals surface area contributed by atoms with E-state index in [0.717, 1.165) is 12.0 Å². The molecule has 1 atom stereocenters. The van der Waals surface area contributed by atoms with Crippen molar-refractivity contribution in [3.05, 3.63) is 60.4 Å². The van der Waals surface area contributed by atoms with Gasteiger partial charge in [0.25, 0.3) is 0 Å². The van der Waals surface area contributed by atoms with Crippen LogP contribution in [-0.4, -0.2) is 23.6 Å². The number of terminal acetylenes is 1. The van der Waals surface area contributed by atoms with Crippen LogP contribution in [0.25, 0.3) is 0 Å². The number of amides is 1. The molecule has 24 heavy (non-hydrogen) atoms. The van der Waals surface area contributed by atoms with Gasteiger partial charge in [-0.2, -0.15) is 0 Å². The topological polar surface area (TPSA) is 33.4 Å². The molecule has 2 rings (SSSR count). The molecule has 0 radical (unpaired) electrons. The van der Waals surface area contributed by atoms with Crippen molar-refractivity contribution in [2.45, 2.75) is 19.4 Å². The lowest BCUT2D eigenvalue weighted by Gasteiger charge is -2.26. The van der Waals surface area contributed by atoms with Crippen LogP contribution in [0.15, 0.2) is 54.9 Å². The number of ether oxygens (including phenoxy) is 1. The molecule has 0 unspecified atom stereocenters. The molecule has 1 aromatic carbocycles. The van der Waals surface area contributed by atoms with Crippen LogP contribution in [0.4, 0.5) is 4.79 Å². The van der Waals surface area contributed by atoms with Gasteiger partial charge in [-0.3, -0.25) is 4.90 Å². The fourth-order valence-electron chi connectivity index (χ4n) is 2.28. The van der Waals surface area contributed by atoms with Crippen molar-refractivity contribution >= 4 is 6.09 Å². The summed E-state index contributed by atoms with van der Waals surface area (Å²) >= 11 is 0. The number of nitrogens with zero attached hydrogens (tertiary/aromatic N) is 2. The van der Waals surface area contributed by atoms with Crippen LogP contribution < -0.4 is 33.3 Å². The Hall–Kier alpha value is -2.07. The van der Waals surface area contributed by atoms with E-state index < -0.39 is 6.09 Å². The molecule has 0 saturated carbocycles. The minimum absolute atomic E-state index is 0. The molecule has 0 bridgehead atoms. The van der Waals surface area contributed by atoms with Gasteiger partial charge in [0, 0.05) is 18.2 Å². The minimum atomic E-state index is -0.430. The van der Waals surface area contributed by atoms with E-state index in [1.54, 1.807) is 17.0 Å². The Balaban J connectivity index is 0.00000288. The predicted octanol–water partition coefficient (Wildman–Crippen LogP) is -0.420. The number of aryl methyl sites for hydroxylation is 1. The second kappa shape index (κ2) is 9.93. The van der Waals surface area contributed by atoms with E-state index in [-0.39, 0.29) is 36.6 Å². The van der Waals surface area contributed by atoms with E-state index in [4.69, 9.17) is 11.2 Å². The van der Waals surface area contributed by atoms with Crippen molar-refractivity contribution < 1.29 is 38.1 Å². The SMILES string of the molecule is C#CCN(C(=O)Oc1cc[n+](C)cc1)[C@@H](C)Cc1ccccc1.[I-]. The summed E-state index contributed by atoms with van der Waals surface area (Å²) < 4.78 is 7.29. The molecule has 2 aromatic rings. The van der Waals surface area contributed by atoms with Gasteiger partial charge in [0.15, 0.2) is 12.4 Å². The van der Waals surface area contributed by atoms with Gasteiger partial charge in [0.2, 0.25) is 0 Å². The zero-order chi connectivity index (χ0) is 16.7. The van der Waals surface area contributed by atoms with E-state index in [0.29, 0.717) is 5.75 Å². The van der Waals surface area contributed by atoms with E-state index in [1.165, 1.54) is 0 Å². The third kappa shape index (κ3) is 5.85. The smallest absolute Gasteiger partial charge is 0.416 e. The molecule has 1 amide bonds. The summed E-state index contributed by atoms with van der Waals surface area (Å²) in [4.78, 5) is 14.0. The highest BCUT2D eigenvalue weighted by atomic mass is 127. The maximum Gasteiger partial charge on any atom is 0.416 e. The largest absolute Gasteiger partial charge is 1.00 e. The first kappa shape index (κ1) is 20.0. The Bertz CT molecular complexity index is 681. The van der Waals surface area contributed by atoms with E-state index in [9.17, 15) is 4.79 Å². The number of aromatic nitrogens is 1. The van der Waals surface area contributed by atoms with Gasteiger partial charge in [0.05, 0.1) is 6.54 Å². The van der Waals surface area contributed by atoms with Crippen LogP contribution in [0.5, 0.6) is 5.75 Å². The molecule has 0 N–H and O–H groups in total. The first-order valence-electron chi connectivity index (χ1n) is 7.51. The quantitative estimate of drug-likeness (QED) is 0.363. The van der Waals surface area contributed by atoms with Gasteiger partial charge in [-0.15, -0.1) is 6.42 Å². The lowest BCUT2D eigenvalue weighted by atomic mass is 10.1. The summed E-state index contributed by atoms with van der Waals surface area (Å²) in [5.74, 6) is 3.03. The standard InChI is InChI=1S/C19H21N2O2.HI/c1-4-12-21(16(2)15-17-8-6-5-7-9-17)19(22)23-18-10-13-20(3)14-11-18;/h1,5-11,13-14,16H,12,15H2,2-3H3;1H/q+1;/p-1/t16-;/m0./s1. The number of hydrogen-bond donors (Lipinski definition) is 0. The van der Waals surface area contributed by atoms with Crippen molar-refractivity contribution in [3.8, 4) is 18.1 Å². The van der Waals surface area contributed by atoms with Crippen molar-refractivity contribution in [2.24, 2.45) is 7.05 Å². The number of rotatable bonds is 5. The van der Waals surface area contributed by atoms with Crippen molar-refractivity contribution in [2.75, 3.05) is 6.54 Å². The van der Waals surface area contributed by atoms with Gasteiger partial charge in [-0.25, -0.2) is 9.36 Å². The zero-order valence-corrected chi connectivity index (χ0v) is 16.0. The van der Waals surface area contributed by atoms with Crippen LogP contribution in [0.3, 0.4) is 0 Å². The molecular weight excluding hydrogens is 415 g/mol.